The molecule has 1 amide bonds. The third-order valence-electron chi connectivity index (χ3n) is 2.08. The maximum atomic E-state index is 11.6. The molecule has 0 aliphatic heterocycles. The lowest BCUT2D eigenvalue weighted by atomic mass is 10.2. The normalized spacial score (nSPS) is 11.6. The Morgan fingerprint density at radius 2 is 2.38 bits per heavy atom. The molecule has 0 radical (unpaired) electrons. The Morgan fingerprint density at radius 3 is 3.00 bits per heavy atom. The first-order chi connectivity index (χ1) is 7.67. The summed E-state index contributed by atoms with van der Waals surface area (Å²) in [7, 11) is 0. The summed E-state index contributed by atoms with van der Waals surface area (Å²) in [5, 5.41) is 2.74. The highest BCUT2D eigenvalue weighted by Crippen LogP contribution is 2.10. The number of carbonyl (C=O) groups is 1. The van der Waals surface area contributed by atoms with Crippen LogP contribution in [0.1, 0.15) is 19.4 Å². The zero-order chi connectivity index (χ0) is 12.0. The lowest BCUT2D eigenvalue weighted by Gasteiger charge is -2.12. The Balaban J connectivity index is 2.66. The minimum absolute atomic E-state index is 0.170. The summed E-state index contributed by atoms with van der Waals surface area (Å²) in [6.07, 6.45) is 4.81. The van der Waals surface area contributed by atoms with Crippen LogP contribution in [0, 0.1) is 12.3 Å². The first-order valence-corrected chi connectivity index (χ1v) is 5.16. The van der Waals surface area contributed by atoms with E-state index < -0.39 is 6.10 Å². The van der Waals surface area contributed by atoms with E-state index in [1.165, 1.54) is 0 Å². The minimum Gasteiger partial charge on any atom is -0.369 e. The number of hydrogen-bond acceptors (Lipinski definition) is 2. The number of benzene rings is 1. The van der Waals surface area contributed by atoms with Crippen LogP contribution in [0.3, 0.4) is 0 Å². The zero-order valence-electron chi connectivity index (χ0n) is 9.49. The fourth-order valence-electron chi connectivity index (χ4n) is 1.26. The summed E-state index contributed by atoms with van der Waals surface area (Å²) in [5.41, 5.74) is 1.42. The first-order valence-electron chi connectivity index (χ1n) is 5.16. The number of amides is 1. The van der Waals surface area contributed by atoms with Crippen molar-refractivity contribution >= 4 is 11.6 Å². The topological polar surface area (TPSA) is 38.3 Å². The summed E-state index contributed by atoms with van der Waals surface area (Å²) in [5.74, 6) is 2.34. The van der Waals surface area contributed by atoms with E-state index in [2.05, 4.69) is 11.2 Å². The lowest BCUT2D eigenvalue weighted by molar-refractivity contribution is -0.126. The van der Waals surface area contributed by atoms with E-state index >= 15 is 0 Å². The quantitative estimate of drug-likeness (QED) is 0.784. The van der Waals surface area contributed by atoms with Crippen molar-refractivity contribution in [3.8, 4) is 12.3 Å². The Hall–Kier alpha value is -1.79. The fourth-order valence-corrected chi connectivity index (χ4v) is 1.26. The van der Waals surface area contributed by atoms with Gasteiger partial charge in [-0.3, -0.25) is 4.79 Å². The molecule has 0 fully saturated rings. The van der Waals surface area contributed by atoms with E-state index in [-0.39, 0.29) is 5.91 Å². The molecule has 0 aliphatic rings. The van der Waals surface area contributed by atoms with E-state index in [4.69, 9.17) is 11.2 Å². The van der Waals surface area contributed by atoms with Crippen molar-refractivity contribution in [2.75, 3.05) is 11.9 Å². The molecular weight excluding hydrogens is 202 g/mol. The standard InChI is InChI=1S/C13H15NO2/c1-4-11-7-6-8-12(9-11)14-13(15)10(3)16-5-2/h1,6-10H,5H2,2-3H3,(H,14,15)/t10-/m0/s1. The summed E-state index contributed by atoms with van der Waals surface area (Å²) in [6.45, 7) is 4.07. The lowest BCUT2D eigenvalue weighted by Crippen LogP contribution is -2.27. The third-order valence-corrected chi connectivity index (χ3v) is 2.08. The molecule has 1 atom stereocenters. The van der Waals surface area contributed by atoms with E-state index in [1.807, 2.05) is 13.0 Å². The van der Waals surface area contributed by atoms with Gasteiger partial charge in [0, 0.05) is 17.9 Å². The SMILES string of the molecule is C#Cc1cccc(NC(=O)[C@H](C)OCC)c1. The Kier molecular flexibility index (Phi) is 4.56. The van der Waals surface area contributed by atoms with Gasteiger partial charge >= 0.3 is 0 Å². The Morgan fingerprint density at radius 1 is 1.62 bits per heavy atom. The van der Waals surface area contributed by atoms with Gasteiger partial charge in [0.1, 0.15) is 6.10 Å². The predicted molar refractivity (Wildman–Crippen MR) is 64.1 cm³/mol. The molecular formula is C13H15NO2. The maximum Gasteiger partial charge on any atom is 0.253 e. The number of nitrogens with one attached hydrogen (secondary N) is 1. The van der Waals surface area contributed by atoms with Crippen LogP contribution < -0.4 is 5.32 Å². The summed E-state index contributed by atoms with van der Waals surface area (Å²) in [4.78, 5) is 11.6. The van der Waals surface area contributed by atoms with Gasteiger partial charge < -0.3 is 10.1 Å². The highest BCUT2D eigenvalue weighted by Gasteiger charge is 2.12. The van der Waals surface area contributed by atoms with Crippen molar-refractivity contribution in [1.82, 2.24) is 0 Å². The van der Waals surface area contributed by atoms with Crippen molar-refractivity contribution in [1.29, 1.82) is 0 Å². The van der Waals surface area contributed by atoms with Crippen molar-refractivity contribution < 1.29 is 9.53 Å². The molecule has 84 valence electrons. The van der Waals surface area contributed by atoms with Crippen LogP contribution in [-0.4, -0.2) is 18.6 Å². The number of anilines is 1. The molecule has 1 aromatic rings. The molecule has 1 rings (SSSR count). The van der Waals surface area contributed by atoms with Crippen LogP contribution in [0.25, 0.3) is 0 Å². The number of terminal acetylenes is 1. The van der Waals surface area contributed by atoms with Crippen molar-refractivity contribution in [2.24, 2.45) is 0 Å². The van der Waals surface area contributed by atoms with Crippen LogP contribution >= 0.6 is 0 Å². The van der Waals surface area contributed by atoms with Crippen LogP contribution in [0.4, 0.5) is 5.69 Å². The molecule has 1 N–H and O–H groups in total. The molecule has 0 unspecified atom stereocenters. The van der Waals surface area contributed by atoms with Crippen LogP contribution in [0.15, 0.2) is 24.3 Å². The van der Waals surface area contributed by atoms with Gasteiger partial charge in [-0.25, -0.2) is 0 Å². The van der Waals surface area contributed by atoms with Crippen molar-refractivity contribution in [3.05, 3.63) is 29.8 Å². The highest BCUT2D eigenvalue weighted by atomic mass is 16.5. The van der Waals surface area contributed by atoms with Gasteiger partial charge in [0.15, 0.2) is 0 Å². The molecule has 0 spiro atoms. The second-order valence-electron chi connectivity index (χ2n) is 3.31. The largest absolute Gasteiger partial charge is 0.369 e. The van der Waals surface area contributed by atoms with Crippen LogP contribution in [0.2, 0.25) is 0 Å². The zero-order valence-corrected chi connectivity index (χ0v) is 9.49. The van der Waals surface area contributed by atoms with Crippen LogP contribution in [0.5, 0.6) is 0 Å². The third kappa shape index (κ3) is 3.41. The first kappa shape index (κ1) is 12.3. The second-order valence-corrected chi connectivity index (χ2v) is 3.31. The van der Waals surface area contributed by atoms with E-state index in [0.717, 1.165) is 5.56 Å². The van der Waals surface area contributed by atoms with Crippen molar-refractivity contribution in [2.45, 2.75) is 20.0 Å². The second kappa shape index (κ2) is 5.94. The van der Waals surface area contributed by atoms with Gasteiger partial charge in [-0.2, -0.15) is 0 Å². The van der Waals surface area contributed by atoms with Gasteiger partial charge in [0.25, 0.3) is 5.91 Å². The van der Waals surface area contributed by atoms with Gasteiger partial charge in [-0.1, -0.05) is 12.0 Å². The van der Waals surface area contributed by atoms with Gasteiger partial charge in [-0.05, 0) is 32.0 Å². The molecule has 16 heavy (non-hydrogen) atoms. The van der Waals surface area contributed by atoms with Gasteiger partial charge in [0.05, 0.1) is 0 Å². The van der Waals surface area contributed by atoms with Gasteiger partial charge in [0.2, 0.25) is 0 Å². The fraction of sp³-hybridized carbons (Fsp3) is 0.308. The van der Waals surface area contributed by atoms with E-state index in [0.29, 0.717) is 12.3 Å². The summed E-state index contributed by atoms with van der Waals surface area (Å²) >= 11 is 0. The average molecular weight is 217 g/mol. The summed E-state index contributed by atoms with van der Waals surface area (Å²) in [6, 6.07) is 7.14. The van der Waals surface area contributed by atoms with Gasteiger partial charge in [-0.15, -0.1) is 6.42 Å². The maximum absolute atomic E-state index is 11.6. The Labute approximate surface area is 95.8 Å². The van der Waals surface area contributed by atoms with E-state index in [9.17, 15) is 4.79 Å². The molecule has 0 aliphatic carbocycles. The smallest absolute Gasteiger partial charge is 0.253 e. The molecule has 0 saturated carbocycles. The van der Waals surface area contributed by atoms with Crippen molar-refractivity contribution in [3.63, 3.8) is 0 Å². The monoisotopic (exact) mass is 217 g/mol. The predicted octanol–water partition coefficient (Wildman–Crippen LogP) is 2.03. The molecule has 1 aromatic carbocycles. The Bertz CT molecular complexity index is 407. The molecule has 0 bridgehead atoms. The number of hydrogen-bond donors (Lipinski definition) is 1. The van der Waals surface area contributed by atoms with E-state index in [1.54, 1.807) is 25.1 Å². The molecule has 3 nitrogen and oxygen atoms in total. The number of rotatable bonds is 4. The summed E-state index contributed by atoms with van der Waals surface area (Å²) < 4.78 is 5.18. The molecule has 0 aromatic heterocycles. The number of ether oxygens (including phenoxy) is 1. The average Bonchev–Trinajstić information content (AvgIpc) is 2.29. The highest BCUT2D eigenvalue weighted by molar-refractivity contribution is 5.94. The molecule has 0 heterocycles. The minimum atomic E-state index is -0.459. The molecule has 0 saturated heterocycles. The molecule has 3 heteroatoms. The number of carbonyl (C=O) groups excluding carboxylic acids is 1. The van der Waals surface area contributed by atoms with Crippen LogP contribution in [-0.2, 0) is 9.53 Å².